The number of carbonyl (C=O) groups excluding carboxylic acids is 1. The summed E-state index contributed by atoms with van der Waals surface area (Å²) in [6.07, 6.45) is -1.67. The second-order valence-electron chi connectivity index (χ2n) is 3.84. The van der Waals surface area contributed by atoms with Gasteiger partial charge in [0.05, 0.1) is 6.10 Å². The summed E-state index contributed by atoms with van der Waals surface area (Å²) >= 11 is 0. The zero-order valence-corrected chi connectivity index (χ0v) is 7.80. The smallest absolute Gasteiger partial charge is 0.267 e. The molecule has 0 aliphatic heterocycles. The summed E-state index contributed by atoms with van der Waals surface area (Å²) < 4.78 is 30.3. The molecular formula is C9H14F2O2. The quantitative estimate of drug-likeness (QED) is 0.637. The molecule has 1 rings (SSSR count). The highest BCUT2D eigenvalue weighted by Crippen LogP contribution is 2.44. The van der Waals surface area contributed by atoms with E-state index >= 15 is 0 Å². The number of hydrogen-bond donors (Lipinski definition) is 0. The third-order valence-corrected chi connectivity index (χ3v) is 2.28. The second kappa shape index (κ2) is 3.70. The molecule has 0 N–H and O–H groups in total. The lowest BCUT2D eigenvalue weighted by Crippen LogP contribution is -2.53. The Morgan fingerprint density at radius 3 is 2.31 bits per heavy atom. The van der Waals surface area contributed by atoms with Gasteiger partial charge in [-0.3, -0.25) is 0 Å². The molecule has 0 bridgehead atoms. The molecule has 0 unspecified atom stereocenters. The molecule has 4 heteroatoms. The third-order valence-electron chi connectivity index (χ3n) is 2.28. The molecule has 0 aromatic heterocycles. The molecule has 1 aliphatic rings. The first-order valence-corrected chi connectivity index (χ1v) is 4.41. The standard InChI is InChI=1S/C9H14F2O2/c1-6(2)13-9(8(10)11)3-7(4-9)5-12/h5-8H,3-4H2,1-2H3. The summed E-state index contributed by atoms with van der Waals surface area (Å²) in [6, 6.07) is 0. The van der Waals surface area contributed by atoms with Gasteiger partial charge in [0.15, 0.2) is 0 Å². The summed E-state index contributed by atoms with van der Waals surface area (Å²) in [5, 5.41) is 0. The van der Waals surface area contributed by atoms with Crippen molar-refractivity contribution < 1.29 is 18.3 Å². The average molecular weight is 192 g/mol. The van der Waals surface area contributed by atoms with Crippen LogP contribution in [0.15, 0.2) is 0 Å². The molecule has 0 aromatic carbocycles. The summed E-state index contributed by atoms with van der Waals surface area (Å²) in [7, 11) is 0. The molecular weight excluding hydrogens is 178 g/mol. The third kappa shape index (κ3) is 2.05. The first kappa shape index (κ1) is 10.6. The lowest BCUT2D eigenvalue weighted by molar-refractivity contribution is -0.216. The highest BCUT2D eigenvalue weighted by atomic mass is 19.3. The van der Waals surface area contributed by atoms with E-state index in [2.05, 4.69) is 0 Å². The van der Waals surface area contributed by atoms with Crippen LogP contribution < -0.4 is 0 Å². The minimum absolute atomic E-state index is 0.159. The van der Waals surface area contributed by atoms with Crippen molar-refractivity contribution in [3.63, 3.8) is 0 Å². The van der Waals surface area contributed by atoms with Crippen LogP contribution in [0.5, 0.6) is 0 Å². The zero-order valence-electron chi connectivity index (χ0n) is 7.80. The molecule has 0 atom stereocenters. The molecule has 0 amide bonds. The fourth-order valence-corrected chi connectivity index (χ4v) is 1.72. The van der Waals surface area contributed by atoms with E-state index in [0.717, 1.165) is 6.29 Å². The number of aldehydes is 1. The van der Waals surface area contributed by atoms with Crippen molar-refractivity contribution in [2.75, 3.05) is 0 Å². The van der Waals surface area contributed by atoms with Gasteiger partial charge in [-0.05, 0) is 26.7 Å². The number of rotatable bonds is 4. The Hall–Kier alpha value is -0.510. The molecule has 0 spiro atoms. The molecule has 2 nitrogen and oxygen atoms in total. The number of alkyl halides is 2. The number of ether oxygens (including phenoxy) is 1. The normalized spacial score (nSPS) is 33.5. The van der Waals surface area contributed by atoms with E-state index in [1.165, 1.54) is 0 Å². The van der Waals surface area contributed by atoms with Crippen molar-refractivity contribution in [2.24, 2.45) is 5.92 Å². The van der Waals surface area contributed by atoms with Crippen LogP contribution in [0, 0.1) is 5.92 Å². The van der Waals surface area contributed by atoms with Crippen molar-refractivity contribution in [2.45, 2.75) is 44.8 Å². The predicted molar refractivity (Wildman–Crippen MR) is 43.7 cm³/mol. The van der Waals surface area contributed by atoms with Gasteiger partial charge in [-0.1, -0.05) is 0 Å². The second-order valence-corrected chi connectivity index (χ2v) is 3.84. The Morgan fingerprint density at radius 2 is 2.00 bits per heavy atom. The molecule has 0 aromatic rings. The zero-order chi connectivity index (χ0) is 10.1. The largest absolute Gasteiger partial charge is 0.366 e. The van der Waals surface area contributed by atoms with E-state index in [1.54, 1.807) is 13.8 Å². The summed E-state index contributed by atoms with van der Waals surface area (Å²) in [5.74, 6) is -0.243. The topological polar surface area (TPSA) is 26.3 Å². The predicted octanol–water partition coefficient (Wildman–Crippen LogP) is 2.02. The highest BCUT2D eigenvalue weighted by molar-refractivity contribution is 5.56. The molecule has 0 radical (unpaired) electrons. The van der Waals surface area contributed by atoms with Crippen LogP contribution in [0.3, 0.4) is 0 Å². The van der Waals surface area contributed by atoms with Gasteiger partial charge in [0.25, 0.3) is 6.43 Å². The fourth-order valence-electron chi connectivity index (χ4n) is 1.72. The Bertz CT molecular complexity index is 186. The number of hydrogen-bond acceptors (Lipinski definition) is 2. The molecule has 1 aliphatic carbocycles. The minimum atomic E-state index is -2.49. The van der Waals surface area contributed by atoms with E-state index < -0.39 is 12.0 Å². The monoisotopic (exact) mass is 192 g/mol. The fraction of sp³-hybridized carbons (Fsp3) is 0.889. The number of carbonyl (C=O) groups is 1. The van der Waals surface area contributed by atoms with E-state index in [4.69, 9.17) is 4.74 Å². The van der Waals surface area contributed by atoms with Gasteiger partial charge in [-0.2, -0.15) is 0 Å². The van der Waals surface area contributed by atoms with Crippen LogP contribution in [0.2, 0.25) is 0 Å². The summed E-state index contributed by atoms with van der Waals surface area (Å²) in [4.78, 5) is 10.3. The van der Waals surface area contributed by atoms with Gasteiger partial charge >= 0.3 is 0 Å². The lowest BCUT2D eigenvalue weighted by Gasteiger charge is -2.45. The Kier molecular flexibility index (Phi) is 3.01. The maximum absolute atomic E-state index is 12.6. The van der Waals surface area contributed by atoms with Crippen LogP contribution in [0.4, 0.5) is 8.78 Å². The Labute approximate surface area is 76.3 Å². The maximum Gasteiger partial charge on any atom is 0.267 e. The van der Waals surface area contributed by atoms with Crippen molar-refractivity contribution >= 4 is 6.29 Å². The molecule has 1 fully saturated rings. The van der Waals surface area contributed by atoms with Crippen molar-refractivity contribution in [1.29, 1.82) is 0 Å². The van der Waals surface area contributed by atoms with E-state index in [-0.39, 0.29) is 24.9 Å². The SMILES string of the molecule is CC(C)OC1(C(F)F)CC(C=O)C1. The van der Waals surface area contributed by atoms with Gasteiger partial charge in [-0.25, -0.2) is 8.78 Å². The summed E-state index contributed by atoms with van der Waals surface area (Å²) in [6.45, 7) is 3.44. The molecule has 1 saturated carbocycles. The van der Waals surface area contributed by atoms with Crippen LogP contribution >= 0.6 is 0 Å². The lowest BCUT2D eigenvalue weighted by atomic mass is 9.71. The van der Waals surface area contributed by atoms with Crippen LogP contribution in [-0.4, -0.2) is 24.4 Å². The molecule has 76 valence electrons. The maximum atomic E-state index is 12.6. The van der Waals surface area contributed by atoms with Gasteiger partial charge in [0.1, 0.15) is 11.9 Å². The van der Waals surface area contributed by atoms with Gasteiger partial charge in [-0.15, -0.1) is 0 Å². The van der Waals surface area contributed by atoms with Gasteiger partial charge < -0.3 is 9.53 Å². The van der Waals surface area contributed by atoms with Crippen molar-refractivity contribution in [1.82, 2.24) is 0 Å². The average Bonchev–Trinajstić information content (AvgIpc) is 1.94. The molecule has 13 heavy (non-hydrogen) atoms. The van der Waals surface area contributed by atoms with Gasteiger partial charge in [0, 0.05) is 5.92 Å². The Morgan fingerprint density at radius 1 is 1.46 bits per heavy atom. The Balaban J connectivity index is 2.54. The van der Waals surface area contributed by atoms with E-state index in [9.17, 15) is 13.6 Å². The van der Waals surface area contributed by atoms with Crippen LogP contribution in [0.1, 0.15) is 26.7 Å². The number of halogens is 2. The van der Waals surface area contributed by atoms with E-state index in [0.29, 0.717) is 0 Å². The summed E-state index contributed by atoms with van der Waals surface area (Å²) in [5.41, 5.74) is -1.35. The molecule has 0 saturated heterocycles. The van der Waals surface area contributed by atoms with E-state index in [1.807, 2.05) is 0 Å². The van der Waals surface area contributed by atoms with Gasteiger partial charge in [0.2, 0.25) is 0 Å². The van der Waals surface area contributed by atoms with Crippen LogP contribution in [-0.2, 0) is 9.53 Å². The minimum Gasteiger partial charge on any atom is -0.366 e. The van der Waals surface area contributed by atoms with Crippen molar-refractivity contribution in [3.8, 4) is 0 Å². The first-order chi connectivity index (χ1) is 6.00. The molecule has 0 heterocycles. The first-order valence-electron chi connectivity index (χ1n) is 4.41. The van der Waals surface area contributed by atoms with Crippen molar-refractivity contribution in [3.05, 3.63) is 0 Å². The highest BCUT2D eigenvalue weighted by Gasteiger charge is 2.52. The van der Waals surface area contributed by atoms with Crippen LogP contribution in [0.25, 0.3) is 0 Å².